The molecule has 0 rings (SSSR count). The van der Waals surface area contributed by atoms with Crippen LogP contribution in [0.3, 0.4) is 0 Å². The van der Waals surface area contributed by atoms with Gasteiger partial charge in [-0.2, -0.15) is 0 Å². The fourth-order valence-corrected chi connectivity index (χ4v) is 0.237. The highest BCUT2D eigenvalue weighted by Crippen LogP contribution is 1.80. The Balaban J connectivity index is 3.31. The minimum atomic E-state index is 0.417. The molecule has 0 aromatic heterocycles. The molecular formula is C6H12N2O. The van der Waals surface area contributed by atoms with Crippen molar-refractivity contribution in [1.82, 2.24) is 0 Å². The molecule has 2 N–H and O–H groups in total. The van der Waals surface area contributed by atoms with Gasteiger partial charge in [0.15, 0.2) is 0 Å². The van der Waals surface area contributed by atoms with Crippen LogP contribution in [-0.2, 0) is 4.84 Å². The van der Waals surface area contributed by atoms with Crippen molar-refractivity contribution in [2.75, 3.05) is 6.61 Å². The van der Waals surface area contributed by atoms with E-state index in [0.29, 0.717) is 12.4 Å². The summed E-state index contributed by atoms with van der Waals surface area (Å²) in [5.74, 6) is 0.511. The van der Waals surface area contributed by atoms with Crippen molar-refractivity contribution >= 4 is 5.84 Å². The molecule has 52 valence electrons. The summed E-state index contributed by atoms with van der Waals surface area (Å²) in [6.07, 6.45) is 2.34. The van der Waals surface area contributed by atoms with Gasteiger partial charge in [0.25, 0.3) is 0 Å². The molecule has 9 heavy (non-hydrogen) atoms. The lowest BCUT2D eigenvalue weighted by Gasteiger charge is -1.93. The van der Waals surface area contributed by atoms with Crippen molar-refractivity contribution in [2.24, 2.45) is 10.9 Å². The van der Waals surface area contributed by atoms with Crippen LogP contribution in [-0.4, -0.2) is 12.4 Å². The van der Waals surface area contributed by atoms with E-state index < -0.39 is 0 Å². The molecule has 0 atom stereocenters. The van der Waals surface area contributed by atoms with Gasteiger partial charge < -0.3 is 10.6 Å². The standard InChI is InChI=1S/C6H12N2O/c1-3-5-9-8-6(7)4-2/h3H,1,4-5H2,2H3,(H2,7,8). The first-order valence-electron chi connectivity index (χ1n) is 2.86. The topological polar surface area (TPSA) is 47.6 Å². The quantitative estimate of drug-likeness (QED) is 0.201. The number of amidine groups is 1. The van der Waals surface area contributed by atoms with E-state index >= 15 is 0 Å². The number of nitrogens with zero attached hydrogens (tertiary/aromatic N) is 1. The molecule has 0 aromatic rings. The van der Waals surface area contributed by atoms with Gasteiger partial charge in [0.2, 0.25) is 0 Å². The SMILES string of the molecule is C=CCO/N=C(\N)CC. The third-order valence-electron chi connectivity index (χ3n) is 0.736. The second kappa shape index (κ2) is 5.15. The van der Waals surface area contributed by atoms with Gasteiger partial charge in [0, 0.05) is 6.42 Å². The fourth-order valence-electron chi connectivity index (χ4n) is 0.237. The van der Waals surface area contributed by atoms with E-state index in [1.165, 1.54) is 0 Å². The summed E-state index contributed by atoms with van der Waals surface area (Å²) >= 11 is 0. The highest BCUT2D eigenvalue weighted by atomic mass is 16.6. The normalized spacial score (nSPS) is 11.0. The van der Waals surface area contributed by atoms with Crippen LogP contribution in [0.15, 0.2) is 17.8 Å². The highest BCUT2D eigenvalue weighted by Gasteiger charge is 1.83. The second-order valence-electron chi connectivity index (χ2n) is 1.52. The Labute approximate surface area is 55.2 Å². The Bertz CT molecular complexity index is 110. The van der Waals surface area contributed by atoms with Crippen LogP contribution in [0.2, 0.25) is 0 Å². The van der Waals surface area contributed by atoms with Gasteiger partial charge >= 0.3 is 0 Å². The largest absolute Gasteiger partial charge is 0.390 e. The Morgan fingerprint density at radius 1 is 1.89 bits per heavy atom. The summed E-state index contributed by atoms with van der Waals surface area (Å²) in [5, 5.41) is 3.56. The zero-order chi connectivity index (χ0) is 7.11. The van der Waals surface area contributed by atoms with Gasteiger partial charge in [0.05, 0.1) is 0 Å². The van der Waals surface area contributed by atoms with E-state index in [1.54, 1.807) is 6.08 Å². The van der Waals surface area contributed by atoms with Crippen molar-refractivity contribution in [3.05, 3.63) is 12.7 Å². The lowest BCUT2D eigenvalue weighted by Crippen LogP contribution is -2.09. The average Bonchev–Trinajstić information content (AvgIpc) is 1.89. The monoisotopic (exact) mass is 128 g/mol. The van der Waals surface area contributed by atoms with Crippen LogP contribution in [0, 0.1) is 0 Å². The minimum Gasteiger partial charge on any atom is -0.390 e. The fraction of sp³-hybridized carbons (Fsp3) is 0.500. The summed E-state index contributed by atoms with van der Waals surface area (Å²) in [7, 11) is 0. The smallest absolute Gasteiger partial charge is 0.139 e. The number of nitrogens with two attached hydrogens (primary N) is 1. The van der Waals surface area contributed by atoms with Crippen LogP contribution in [0.5, 0.6) is 0 Å². The molecule has 3 nitrogen and oxygen atoms in total. The molecule has 0 bridgehead atoms. The summed E-state index contributed by atoms with van der Waals surface area (Å²) in [6, 6.07) is 0. The summed E-state index contributed by atoms with van der Waals surface area (Å²) in [4.78, 5) is 4.68. The third-order valence-corrected chi connectivity index (χ3v) is 0.736. The van der Waals surface area contributed by atoms with Crippen LogP contribution in [0.1, 0.15) is 13.3 Å². The van der Waals surface area contributed by atoms with E-state index in [4.69, 9.17) is 5.73 Å². The molecule has 3 heteroatoms. The molecule has 0 amide bonds. The van der Waals surface area contributed by atoms with Crippen molar-refractivity contribution in [3.63, 3.8) is 0 Å². The van der Waals surface area contributed by atoms with Gasteiger partial charge in [0.1, 0.15) is 12.4 Å². The molecule has 0 spiro atoms. The number of oxime groups is 1. The van der Waals surface area contributed by atoms with E-state index in [0.717, 1.165) is 6.42 Å². The summed E-state index contributed by atoms with van der Waals surface area (Å²) in [5.41, 5.74) is 5.30. The summed E-state index contributed by atoms with van der Waals surface area (Å²) < 4.78 is 0. The maximum atomic E-state index is 5.30. The number of rotatable bonds is 4. The van der Waals surface area contributed by atoms with Crippen molar-refractivity contribution in [2.45, 2.75) is 13.3 Å². The molecule has 0 aliphatic rings. The first-order chi connectivity index (χ1) is 4.31. The maximum absolute atomic E-state index is 5.30. The maximum Gasteiger partial charge on any atom is 0.139 e. The van der Waals surface area contributed by atoms with Crippen LogP contribution >= 0.6 is 0 Å². The molecule has 0 aliphatic carbocycles. The predicted molar refractivity (Wildman–Crippen MR) is 38.1 cm³/mol. The van der Waals surface area contributed by atoms with Gasteiger partial charge in [-0.3, -0.25) is 0 Å². The number of hydrogen-bond donors (Lipinski definition) is 1. The molecular weight excluding hydrogens is 116 g/mol. The van der Waals surface area contributed by atoms with E-state index in [9.17, 15) is 0 Å². The van der Waals surface area contributed by atoms with Crippen molar-refractivity contribution in [3.8, 4) is 0 Å². The molecule has 0 radical (unpaired) electrons. The Morgan fingerprint density at radius 3 is 3.00 bits per heavy atom. The van der Waals surface area contributed by atoms with Crippen molar-refractivity contribution < 1.29 is 4.84 Å². The number of hydrogen-bond acceptors (Lipinski definition) is 2. The second-order valence-corrected chi connectivity index (χ2v) is 1.52. The lowest BCUT2D eigenvalue weighted by molar-refractivity contribution is 0.174. The van der Waals surface area contributed by atoms with E-state index in [-0.39, 0.29) is 0 Å². The van der Waals surface area contributed by atoms with Gasteiger partial charge in [-0.15, -0.1) is 0 Å². The van der Waals surface area contributed by atoms with Crippen LogP contribution in [0.4, 0.5) is 0 Å². The molecule has 0 aliphatic heterocycles. The van der Waals surface area contributed by atoms with Gasteiger partial charge in [-0.25, -0.2) is 0 Å². The molecule has 0 saturated carbocycles. The zero-order valence-electron chi connectivity index (χ0n) is 5.63. The Morgan fingerprint density at radius 2 is 2.56 bits per heavy atom. The van der Waals surface area contributed by atoms with Gasteiger partial charge in [-0.1, -0.05) is 24.7 Å². The Kier molecular flexibility index (Phi) is 4.59. The van der Waals surface area contributed by atoms with E-state index in [1.807, 2.05) is 6.92 Å². The zero-order valence-corrected chi connectivity index (χ0v) is 5.63. The summed E-state index contributed by atoms with van der Waals surface area (Å²) in [6.45, 7) is 5.78. The molecule has 0 saturated heterocycles. The Hall–Kier alpha value is -0.990. The predicted octanol–water partition coefficient (Wildman–Crippen LogP) is 0.871. The first kappa shape index (κ1) is 8.01. The van der Waals surface area contributed by atoms with E-state index in [2.05, 4.69) is 16.6 Å². The molecule has 0 fully saturated rings. The minimum absolute atomic E-state index is 0.417. The molecule has 0 heterocycles. The van der Waals surface area contributed by atoms with Crippen molar-refractivity contribution in [1.29, 1.82) is 0 Å². The molecule has 0 unspecified atom stereocenters. The van der Waals surface area contributed by atoms with Gasteiger partial charge in [-0.05, 0) is 0 Å². The lowest BCUT2D eigenvalue weighted by atomic mass is 10.5. The highest BCUT2D eigenvalue weighted by molar-refractivity contribution is 5.79. The third kappa shape index (κ3) is 4.87. The van der Waals surface area contributed by atoms with Crippen LogP contribution < -0.4 is 5.73 Å². The average molecular weight is 128 g/mol. The first-order valence-corrected chi connectivity index (χ1v) is 2.86. The molecule has 0 aromatic carbocycles. The van der Waals surface area contributed by atoms with Crippen LogP contribution in [0.25, 0.3) is 0 Å².